The summed E-state index contributed by atoms with van der Waals surface area (Å²) in [4.78, 5) is 24.5. The first-order chi connectivity index (χ1) is 13.5. The number of hydrogen-bond acceptors (Lipinski definition) is 2. The first-order valence-corrected chi connectivity index (χ1v) is 8.43. The number of carbonyl (C=O) groups is 2. The fourth-order valence-electron chi connectivity index (χ4n) is 2.49. The van der Waals surface area contributed by atoms with Gasteiger partial charge in [0.05, 0.1) is 11.4 Å². The van der Waals surface area contributed by atoms with Crippen LogP contribution in [0, 0.1) is 11.6 Å². The van der Waals surface area contributed by atoms with Gasteiger partial charge >= 0.3 is 0 Å². The molecular weight excluding hydrogens is 362 g/mol. The van der Waals surface area contributed by atoms with Crippen molar-refractivity contribution in [1.82, 2.24) is 0 Å². The van der Waals surface area contributed by atoms with Gasteiger partial charge in [0, 0.05) is 17.2 Å². The molecular formula is C22H16F2N2O2. The highest BCUT2D eigenvalue weighted by Crippen LogP contribution is 2.22. The van der Waals surface area contributed by atoms with Crippen LogP contribution < -0.4 is 10.6 Å². The number of carbonyl (C=O) groups excluding carboxylic acids is 2. The second-order valence-electron chi connectivity index (χ2n) is 5.82. The van der Waals surface area contributed by atoms with E-state index >= 15 is 0 Å². The number of halogens is 2. The van der Waals surface area contributed by atoms with E-state index in [2.05, 4.69) is 10.6 Å². The number of benzene rings is 3. The summed E-state index contributed by atoms with van der Waals surface area (Å²) in [6.45, 7) is 0. The maximum Gasteiger partial charge on any atom is 0.255 e. The molecule has 0 aliphatic rings. The summed E-state index contributed by atoms with van der Waals surface area (Å²) in [6, 6.07) is 18.7. The van der Waals surface area contributed by atoms with E-state index in [0.717, 1.165) is 24.3 Å². The molecule has 0 aliphatic carbocycles. The predicted molar refractivity (Wildman–Crippen MR) is 105 cm³/mol. The monoisotopic (exact) mass is 378 g/mol. The van der Waals surface area contributed by atoms with Crippen molar-refractivity contribution in [3.8, 4) is 0 Å². The average Bonchev–Trinajstić information content (AvgIpc) is 2.70. The van der Waals surface area contributed by atoms with Crippen molar-refractivity contribution in [3.63, 3.8) is 0 Å². The van der Waals surface area contributed by atoms with E-state index in [0.29, 0.717) is 16.9 Å². The molecule has 3 rings (SSSR count). The Bertz CT molecular complexity index is 1010. The Hall–Kier alpha value is -3.80. The quantitative estimate of drug-likeness (QED) is 0.623. The van der Waals surface area contributed by atoms with Gasteiger partial charge in [0.25, 0.3) is 5.91 Å². The molecule has 2 N–H and O–H groups in total. The van der Waals surface area contributed by atoms with Crippen molar-refractivity contribution in [2.45, 2.75) is 0 Å². The molecule has 2 amide bonds. The van der Waals surface area contributed by atoms with Gasteiger partial charge in [-0.1, -0.05) is 36.4 Å². The normalized spacial score (nSPS) is 10.6. The summed E-state index contributed by atoms with van der Waals surface area (Å²) < 4.78 is 27.3. The molecule has 0 unspecified atom stereocenters. The van der Waals surface area contributed by atoms with Gasteiger partial charge in [-0.05, 0) is 42.5 Å². The number of para-hydroxylation sites is 2. The lowest BCUT2D eigenvalue weighted by atomic mass is 10.2. The maximum atomic E-state index is 13.6. The molecule has 0 radical (unpaired) electrons. The largest absolute Gasteiger partial charge is 0.321 e. The molecule has 6 heteroatoms. The van der Waals surface area contributed by atoms with Crippen molar-refractivity contribution in [3.05, 3.63) is 102 Å². The van der Waals surface area contributed by atoms with Gasteiger partial charge in [-0.3, -0.25) is 9.59 Å². The van der Waals surface area contributed by atoms with Crippen LogP contribution >= 0.6 is 0 Å². The minimum atomic E-state index is -0.764. The van der Waals surface area contributed by atoms with Crippen molar-refractivity contribution < 1.29 is 18.4 Å². The Morgan fingerprint density at radius 1 is 0.714 bits per heavy atom. The number of amides is 2. The van der Waals surface area contributed by atoms with E-state index in [1.54, 1.807) is 54.6 Å². The third-order valence-corrected chi connectivity index (χ3v) is 3.87. The molecule has 28 heavy (non-hydrogen) atoms. The molecule has 0 bridgehead atoms. The average molecular weight is 378 g/mol. The van der Waals surface area contributed by atoms with Crippen LogP contribution in [0.15, 0.2) is 78.9 Å². The predicted octanol–water partition coefficient (Wildman–Crippen LogP) is 4.87. The summed E-state index contributed by atoms with van der Waals surface area (Å²) in [5.74, 6) is -2.45. The van der Waals surface area contributed by atoms with Crippen molar-refractivity contribution >= 4 is 29.3 Å². The molecule has 0 saturated heterocycles. The molecule has 0 atom stereocenters. The Labute approximate surface area is 160 Å². The first-order valence-electron chi connectivity index (χ1n) is 8.43. The van der Waals surface area contributed by atoms with Gasteiger partial charge in [0.2, 0.25) is 5.91 Å². The standard InChI is InChI=1S/C22H16F2N2O2/c23-17-9-6-10-18(24)16(17)13-14-21(27)25-19-11-4-5-12-20(19)26-22(28)15-7-2-1-3-8-15/h1-14H,(H,25,27)(H,26,28)/b14-13+. The summed E-state index contributed by atoms with van der Waals surface area (Å²) in [6.07, 6.45) is 2.09. The number of rotatable bonds is 5. The van der Waals surface area contributed by atoms with E-state index < -0.39 is 17.5 Å². The van der Waals surface area contributed by atoms with E-state index in [1.165, 1.54) is 6.07 Å². The van der Waals surface area contributed by atoms with Gasteiger partial charge in [0.15, 0.2) is 0 Å². The van der Waals surface area contributed by atoms with Crippen molar-refractivity contribution in [2.75, 3.05) is 10.6 Å². The second-order valence-corrected chi connectivity index (χ2v) is 5.82. The van der Waals surface area contributed by atoms with Crippen LogP contribution in [0.25, 0.3) is 6.08 Å². The van der Waals surface area contributed by atoms with E-state index in [1.807, 2.05) is 0 Å². The second kappa shape index (κ2) is 8.73. The molecule has 0 aliphatic heterocycles. The fraction of sp³-hybridized carbons (Fsp3) is 0. The van der Waals surface area contributed by atoms with Gasteiger partial charge in [-0.2, -0.15) is 0 Å². The van der Waals surface area contributed by atoms with Crippen LogP contribution in [0.5, 0.6) is 0 Å². The Kier molecular flexibility index (Phi) is 5.91. The molecule has 0 saturated carbocycles. The minimum absolute atomic E-state index is 0.302. The summed E-state index contributed by atoms with van der Waals surface area (Å²) in [7, 11) is 0. The molecule has 0 spiro atoms. The van der Waals surface area contributed by atoms with Crippen LogP contribution in [-0.2, 0) is 4.79 Å². The smallest absolute Gasteiger partial charge is 0.255 e. The molecule has 0 aromatic heterocycles. The molecule has 140 valence electrons. The van der Waals surface area contributed by atoms with E-state index in [-0.39, 0.29) is 11.5 Å². The van der Waals surface area contributed by atoms with Crippen LogP contribution in [-0.4, -0.2) is 11.8 Å². The third-order valence-electron chi connectivity index (χ3n) is 3.87. The zero-order valence-corrected chi connectivity index (χ0v) is 14.7. The molecule has 0 fully saturated rings. The highest BCUT2D eigenvalue weighted by Gasteiger charge is 2.10. The van der Waals surface area contributed by atoms with E-state index in [9.17, 15) is 18.4 Å². The number of anilines is 2. The van der Waals surface area contributed by atoms with Gasteiger partial charge in [-0.15, -0.1) is 0 Å². The van der Waals surface area contributed by atoms with Crippen molar-refractivity contribution in [2.24, 2.45) is 0 Å². The lowest BCUT2D eigenvalue weighted by molar-refractivity contribution is -0.111. The highest BCUT2D eigenvalue weighted by molar-refractivity contribution is 6.09. The third kappa shape index (κ3) is 4.67. The lowest BCUT2D eigenvalue weighted by Crippen LogP contribution is -2.15. The number of nitrogens with one attached hydrogen (secondary N) is 2. The van der Waals surface area contributed by atoms with Gasteiger partial charge in [-0.25, -0.2) is 8.78 Å². The van der Waals surface area contributed by atoms with Gasteiger partial charge < -0.3 is 10.6 Å². The SMILES string of the molecule is O=C(/C=C/c1c(F)cccc1F)Nc1ccccc1NC(=O)c1ccccc1. The summed E-state index contributed by atoms with van der Waals surface area (Å²) >= 11 is 0. The van der Waals surface area contributed by atoms with E-state index in [4.69, 9.17) is 0 Å². The topological polar surface area (TPSA) is 58.2 Å². The van der Waals surface area contributed by atoms with Crippen LogP contribution in [0.2, 0.25) is 0 Å². The Morgan fingerprint density at radius 3 is 1.93 bits per heavy atom. The minimum Gasteiger partial charge on any atom is -0.321 e. The molecule has 3 aromatic carbocycles. The number of hydrogen-bond donors (Lipinski definition) is 2. The van der Waals surface area contributed by atoms with Crippen LogP contribution in [0.3, 0.4) is 0 Å². The zero-order valence-electron chi connectivity index (χ0n) is 14.7. The van der Waals surface area contributed by atoms with Crippen LogP contribution in [0.4, 0.5) is 20.2 Å². The zero-order chi connectivity index (χ0) is 19.9. The summed E-state index contributed by atoms with van der Waals surface area (Å²) in [5.41, 5.74) is 0.924. The highest BCUT2D eigenvalue weighted by atomic mass is 19.1. The molecule has 0 heterocycles. The fourth-order valence-corrected chi connectivity index (χ4v) is 2.49. The Morgan fingerprint density at radius 2 is 1.29 bits per heavy atom. The Balaban J connectivity index is 1.73. The van der Waals surface area contributed by atoms with Gasteiger partial charge in [0.1, 0.15) is 11.6 Å². The maximum absolute atomic E-state index is 13.6. The summed E-state index contributed by atoms with van der Waals surface area (Å²) in [5, 5.41) is 5.32. The molecule has 4 nitrogen and oxygen atoms in total. The molecule has 3 aromatic rings. The van der Waals surface area contributed by atoms with Crippen molar-refractivity contribution in [1.29, 1.82) is 0 Å². The first kappa shape index (κ1) is 19.0. The lowest BCUT2D eigenvalue weighted by Gasteiger charge is -2.11. The van der Waals surface area contributed by atoms with Crippen LogP contribution in [0.1, 0.15) is 15.9 Å².